The third-order valence-electron chi connectivity index (χ3n) is 4.20. The number of nitrogens with zero attached hydrogens (tertiary/aromatic N) is 2. The average Bonchev–Trinajstić information content (AvgIpc) is 2.27. The van der Waals surface area contributed by atoms with E-state index in [1.165, 1.54) is 5.71 Å². The van der Waals surface area contributed by atoms with Gasteiger partial charge in [-0.1, -0.05) is 34.6 Å². The molecular formula is C15H30N2OSi. The first-order valence-electron chi connectivity index (χ1n) is 7.25. The SMILES string of the molecule is CC(C)C1=NC=CN(CCO[Si](C)(C)C(C)(C)C)C1. The summed E-state index contributed by atoms with van der Waals surface area (Å²) >= 11 is 0. The van der Waals surface area contributed by atoms with Crippen molar-refractivity contribution in [3.05, 3.63) is 12.4 Å². The van der Waals surface area contributed by atoms with Crippen molar-refractivity contribution in [1.82, 2.24) is 4.90 Å². The van der Waals surface area contributed by atoms with E-state index in [0.717, 1.165) is 19.7 Å². The molecule has 0 fully saturated rings. The molecule has 0 atom stereocenters. The molecule has 0 saturated heterocycles. The van der Waals surface area contributed by atoms with Gasteiger partial charge in [0, 0.05) is 24.7 Å². The summed E-state index contributed by atoms with van der Waals surface area (Å²) in [6, 6.07) is 0. The largest absolute Gasteiger partial charge is 0.415 e. The second-order valence-electron chi connectivity index (χ2n) is 7.15. The predicted octanol–water partition coefficient (Wildman–Crippen LogP) is 3.89. The Hall–Kier alpha value is -0.613. The highest BCUT2D eigenvalue weighted by molar-refractivity contribution is 6.74. The van der Waals surface area contributed by atoms with Crippen molar-refractivity contribution in [2.75, 3.05) is 19.7 Å². The van der Waals surface area contributed by atoms with Crippen molar-refractivity contribution in [3.63, 3.8) is 0 Å². The molecule has 1 aliphatic heterocycles. The van der Waals surface area contributed by atoms with Crippen LogP contribution in [0.2, 0.25) is 18.1 Å². The Bertz CT molecular complexity index is 354. The minimum atomic E-state index is -1.61. The van der Waals surface area contributed by atoms with Crippen LogP contribution in [0.25, 0.3) is 0 Å². The Balaban J connectivity index is 2.40. The molecule has 3 nitrogen and oxygen atoms in total. The molecule has 1 aliphatic rings. The van der Waals surface area contributed by atoms with E-state index in [-0.39, 0.29) is 5.04 Å². The number of rotatable bonds is 5. The van der Waals surface area contributed by atoms with Crippen LogP contribution in [0.5, 0.6) is 0 Å². The third kappa shape index (κ3) is 4.77. The smallest absolute Gasteiger partial charge is 0.192 e. The van der Waals surface area contributed by atoms with Crippen molar-refractivity contribution in [2.24, 2.45) is 10.9 Å². The normalized spacial score (nSPS) is 17.1. The highest BCUT2D eigenvalue weighted by Gasteiger charge is 2.36. The molecule has 0 spiro atoms. The van der Waals surface area contributed by atoms with Gasteiger partial charge >= 0.3 is 0 Å². The Kier molecular flexibility index (Phi) is 5.39. The molecule has 0 aromatic rings. The Labute approximate surface area is 119 Å². The van der Waals surface area contributed by atoms with Crippen molar-refractivity contribution in [1.29, 1.82) is 0 Å². The average molecular weight is 283 g/mol. The zero-order valence-corrected chi connectivity index (χ0v) is 14.7. The third-order valence-corrected chi connectivity index (χ3v) is 8.74. The van der Waals surface area contributed by atoms with Gasteiger partial charge in [0.2, 0.25) is 0 Å². The lowest BCUT2D eigenvalue weighted by Crippen LogP contribution is -2.43. The monoisotopic (exact) mass is 282 g/mol. The minimum Gasteiger partial charge on any atom is -0.415 e. The van der Waals surface area contributed by atoms with Crippen molar-refractivity contribution in [2.45, 2.75) is 52.8 Å². The summed E-state index contributed by atoms with van der Waals surface area (Å²) in [4.78, 5) is 6.74. The van der Waals surface area contributed by atoms with Crippen LogP contribution in [0.3, 0.4) is 0 Å². The van der Waals surface area contributed by atoms with Gasteiger partial charge in [0.25, 0.3) is 0 Å². The second-order valence-corrected chi connectivity index (χ2v) is 12.0. The highest BCUT2D eigenvalue weighted by Crippen LogP contribution is 2.36. The maximum Gasteiger partial charge on any atom is 0.192 e. The van der Waals surface area contributed by atoms with Gasteiger partial charge < -0.3 is 9.33 Å². The molecule has 0 radical (unpaired) electrons. The van der Waals surface area contributed by atoms with Crippen LogP contribution in [0.4, 0.5) is 0 Å². The zero-order chi connectivity index (χ0) is 14.7. The maximum atomic E-state index is 6.22. The van der Waals surface area contributed by atoms with E-state index in [1.54, 1.807) is 0 Å². The first-order valence-corrected chi connectivity index (χ1v) is 10.2. The summed E-state index contributed by atoms with van der Waals surface area (Å²) in [6.45, 7) is 18.6. The molecule has 1 rings (SSSR count). The molecular weight excluding hydrogens is 252 g/mol. The van der Waals surface area contributed by atoms with E-state index in [2.05, 4.69) is 63.8 Å². The standard InChI is InChI=1S/C15H30N2OSi/c1-13(2)14-12-17(9-8-16-14)10-11-18-19(6,7)15(3,4)5/h8-9,13H,10-12H2,1-7H3. The minimum absolute atomic E-state index is 0.287. The molecule has 0 aromatic heterocycles. The molecule has 4 heteroatoms. The lowest BCUT2D eigenvalue weighted by atomic mass is 10.1. The lowest BCUT2D eigenvalue weighted by Gasteiger charge is -2.37. The van der Waals surface area contributed by atoms with Crippen molar-refractivity contribution >= 4 is 14.0 Å². The summed E-state index contributed by atoms with van der Waals surface area (Å²) in [6.07, 6.45) is 3.98. The Morgan fingerprint density at radius 1 is 1.37 bits per heavy atom. The van der Waals surface area contributed by atoms with Crippen LogP contribution < -0.4 is 0 Å². The topological polar surface area (TPSA) is 24.8 Å². The number of hydrogen-bond donors (Lipinski definition) is 0. The zero-order valence-electron chi connectivity index (χ0n) is 13.7. The van der Waals surface area contributed by atoms with Crippen LogP contribution in [0.1, 0.15) is 34.6 Å². The van der Waals surface area contributed by atoms with Gasteiger partial charge in [-0.05, 0) is 24.1 Å². The van der Waals surface area contributed by atoms with Crippen LogP contribution in [-0.2, 0) is 4.43 Å². The lowest BCUT2D eigenvalue weighted by molar-refractivity contribution is 0.245. The fourth-order valence-corrected chi connectivity index (χ4v) is 2.68. The van der Waals surface area contributed by atoms with E-state index >= 15 is 0 Å². The van der Waals surface area contributed by atoms with Gasteiger partial charge in [-0.15, -0.1) is 0 Å². The number of aliphatic imine (C=N–C) groups is 1. The molecule has 0 bridgehead atoms. The van der Waals surface area contributed by atoms with E-state index in [0.29, 0.717) is 5.92 Å². The van der Waals surface area contributed by atoms with E-state index < -0.39 is 8.32 Å². The van der Waals surface area contributed by atoms with E-state index in [9.17, 15) is 0 Å². The van der Waals surface area contributed by atoms with Crippen LogP contribution in [0.15, 0.2) is 17.4 Å². The number of hydrogen-bond acceptors (Lipinski definition) is 3. The van der Waals surface area contributed by atoms with Crippen molar-refractivity contribution < 1.29 is 4.43 Å². The van der Waals surface area contributed by atoms with Gasteiger partial charge in [0.05, 0.1) is 13.2 Å². The van der Waals surface area contributed by atoms with Crippen LogP contribution in [0, 0.1) is 5.92 Å². The first-order chi connectivity index (χ1) is 8.63. The van der Waals surface area contributed by atoms with E-state index in [4.69, 9.17) is 4.43 Å². The maximum absolute atomic E-state index is 6.22. The second kappa shape index (κ2) is 6.22. The molecule has 0 N–H and O–H groups in total. The first kappa shape index (κ1) is 16.4. The fourth-order valence-electron chi connectivity index (χ4n) is 1.64. The quantitative estimate of drug-likeness (QED) is 0.715. The van der Waals surface area contributed by atoms with Crippen molar-refractivity contribution in [3.8, 4) is 0 Å². The molecule has 0 aliphatic carbocycles. The Morgan fingerprint density at radius 3 is 2.53 bits per heavy atom. The van der Waals surface area contributed by atoms with Crippen LogP contribution >= 0.6 is 0 Å². The fraction of sp³-hybridized carbons (Fsp3) is 0.800. The summed E-state index contributed by atoms with van der Waals surface area (Å²) in [5.74, 6) is 0.522. The molecule has 0 unspecified atom stereocenters. The summed E-state index contributed by atoms with van der Waals surface area (Å²) < 4.78 is 6.22. The molecule has 110 valence electrons. The van der Waals surface area contributed by atoms with E-state index in [1.807, 2.05) is 6.20 Å². The summed E-state index contributed by atoms with van der Waals surface area (Å²) in [5.41, 5.74) is 1.26. The highest BCUT2D eigenvalue weighted by atomic mass is 28.4. The van der Waals surface area contributed by atoms with Gasteiger partial charge in [-0.2, -0.15) is 0 Å². The molecule has 0 saturated carbocycles. The summed E-state index contributed by atoms with van der Waals surface area (Å²) in [5, 5.41) is 0.287. The van der Waals surface area contributed by atoms with Gasteiger partial charge in [0.15, 0.2) is 8.32 Å². The van der Waals surface area contributed by atoms with Gasteiger partial charge in [-0.3, -0.25) is 4.99 Å². The molecule has 1 heterocycles. The van der Waals surface area contributed by atoms with Crippen LogP contribution in [-0.4, -0.2) is 38.6 Å². The van der Waals surface area contributed by atoms with Gasteiger partial charge in [-0.25, -0.2) is 0 Å². The summed E-state index contributed by atoms with van der Waals surface area (Å²) in [7, 11) is -1.61. The molecule has 19 heavy (non-hydrogen) atoms. The molecule has 0 amide bonds. The Morgan fingerprint density at radius 2 is 2.00 bits per heavy atom. The van der Waals surface area contributed by atoms with Gasteiger partial charge in [0.1, 0.15) is 0 Å². The predicted molar refractivity (Wildman–Crippen MR) is 86.1 cm³/mol. The molecule has 0 aromatic carbocycles.